The number of hydrogen-bond acceptors (Lipinski definition) is 3. The number of nitrogens with one attached hydrogen (secondary N) is 1. The molecule has 0 fully saturated rings. The molecule has 28 heavy (non-hydrogen) atoms. The van der Waals surface area contributed by atoms with Gasteiger partial charge >= 0.3 is 0 Å². The molecule has 0 saturated heterocycles. The van der Waals surface area contributed by atoms with Gasteiger partial charge in [-0.05, 0) is 42.8 Å². The molecule has 3 aromatic rings. The molecule has 0 saturated carbocycles. The van der Waals surface area contributed by atoms with Gasteiger partial charge < -0.3 is 10.1 Å². The van der Waals surface area contributed by atoms with Crippen molar-refractivity contribution >= 4 is 17.4 Å². The molecule has 0 radical (unpaired) electrons. The van der Waals surface area contributed by atoms with Crippen LogP contribution in [0.3, 0.4) is 0 Å². The van der Waals surface area contributed by atoms with Crippen molar-refractivity contribution in [1.29, 1.82) is 0 Å². The summed E-state index contributed by atoms with van der Waals surface area (Å²) in [5, 5.41) is 2.44. The molecule has 4 nitrogen and oxygen atoms in total. The lowest BCUT2D eigenvalue weighted by Gasteiger charge is -2.13. The Morgan fingerprint density at radius 3 is 2.29 bits per heavy atom. The molecule has 0 aliphatic rings. The third kappa shape index (κ3) is 4.59. The molecule has 0 aliphatic carbocycles. The molecule has 0 spiro atoms. The van der Waals surface area contributed by atoms with Gasteiger partial charge in [0.1, 0.15) is 17.4 Å². The van der Waals surface area contributed by atoms with Crippen LogP contribution in [0.5, 0.6) is 5.75 Å². The van der Waals surface area contributed by atoms with E-state index >= 15 is 0 Å². The van der Waals surface area contributed by atoms with E-state index < -0.39 is 17.5 Å². The first-order chi connectivity index (χ1) is 13.4. The predicted octanol–water partition coefficient (Wildman–Crippen LogP) is 4.85. The Bertz CT molecular complexity index is 1000. The van der Waals surface area contributed by atoms with Gasteiger partial charge in [-0.15, -0.1) is 0 Å². The summed E-state index contributed by atoms with van der Waals surface area (Å²) in [4.78, 5) is 23.5. The summed E-state index contributed by atoms with van der Waals surface area (Å²) in [5.74, 6) is -1.90. The number of ketones is 1. The average Bonchev–Trinajstić information content (AvgIpc) is 2.69. The topological polar surface area (TPSA) is 55.4 Å². The summed E-state index contributed by atoms with van der Waals surface area (Å²) >= 11 is 0. The van der Waals surface area contributed by atoms with Crippen LogP contribution in [0.2, 0.25) is 0 Å². The quantitative estimate of drug-likeness (QED) is 0.621. The SMILES string of the molecule is CC(=O)c1ccc(OCC(=O)Nc2c(F)cc(F)cc2-c2ccccc2)cc1. The number of anilines is 1. The molecule has 3 rings (SSSR count). The van der Waals surface area contributed by atoms with Crippen LogP contribution in [-0.4, -0.2) is 18.3 Å². The summed E-state index contributed by atoms with van der Waals surface area (Å²) < 4.78 is 33.4. The second-order valence-corrected chi connectivity index (χ2v) is 6.09. The zero-order chi connectivity index (χ0) is 20.1. The molecule has 0 atom stereocenters. The van der Waals surface area contributed by atoms with Crippen molar-refractivity contribution < 1.29 is 23.1 Å². The maximum atomic E-state index is 14.3. The average molecular weight is 381 g/mol. The van der Waals surface area contributed by atoms with E-state index in [-0.39, 0.29) is 23.6 Å². The van der Waals surface area contributed by atoms with Crippen molar-refractivity contribution in [3.8, 4) is 16.9 Å². The van der Waals surface area contributed by atoms with Gasteiger partial charge in [-0.2, -0.15) is 0 Å². The largest absolute Gasteiger partial charge is 0.484 e. The first kappa shape index (κ1) is 19.2. The van der Waals surface area contributed by atoms with E-state index in [1.807, 2.05) is 0 Å². The van der Waals surface area contributed by atoms with Gasteiger partial charge in [0.15, 0.2) is 12.4 Å². The third-order valence-corrected chi connectivity index (χ3v) is 4.03. The minimum atomic E-state index is -0.877. The number of amides is 1. The fourth-order valence-corrected chi connectivity index (χ4v) is 2.66. The Hall–Kier alpha value is -3.54. The smallest absolute Gasteiger partial charge is 0.262 e. The van der Waals surface area contributed by atoms with Crippen molar-refractivity contribution in [2.45, 2.75) is 6.92 Å². The summed E-state index contributed by atoms with van der Waals surface area (Å²) in [7, 11) is 0. The number of ether oxygens (including phenoxy) is 1. The van der Waals surface area contributed by atoms with E-state index in [9.17, 15) is 18.4 Å². The van der Waals surface area contributed by atoms with Crippen LogP contribution in [0.1, 0.15) is 17.3 Å². The van der Waals surface area contributed by atoms with Crippen LogP contribution in [0.4, 0.5) is 14.5 Å². The highest BCUT2D eigenvalue weighted by molar-refractivity contribution is 5.96. The maximum Gasteiger partial charge on any atom is 0.262 e. The molecule has 0 heterocycles. The molecular weight excluding hydrogens is 364 g/mol. The Balaban J connectivity index is 1.74. The van der Waals surface area contributed by atoms with E-state index in [1.165, 1.54) is 6.92 Å². The second-order valence-electron chi connectivity index (χ2n) is 6.09. The van der Waals surface area contributed by atoms with Gasteiger partial charge in [-0.25, -0.2) is 8.78 Å². The summed E-state index contributed by atoms with van der Waals surface area (Å²) in [6.45, 7) is 1.08. The second kappa shape index (κ2) is 8.43. The lowest BCUT2D eigenvalue weighted by molar-refractivity contribution is -0.118. The van der Waals surface area contributed by atoms with Gasteiger partial charge in [-0.3, -0.25) is 9.59 Å². The highest BCUT2D eigenvalue weighted by Gasteiger charge is 2.16. The molecule has 0 aromatic heterocycles. The molecule has 142 valence electrons. The van der Waals surface area contributed by atoms with Crippen molar-refractivity contribution in [3.63, 3.8) is 0 Å². The zero-order valence-electron chi connectivity index (χ0n) is 15.0. The van der Waals surface area contributed by atoms with Gasteiger partial charge in [-0.1, -0.05) is 30.3 Å². The van der Waals surface area contributed by atoms with Gasteiger partial charge in [0, 0.05) is 17.2 Å². The first-order valence-corrected chi connectivity index (χ1v) is 8.52. The van der Waals surface area contributed by atoms with Gasteiger partial charge in [0.05, 0.1) is 5.69 Å². The fourth-order valence-electron chi connectivity index (χ4n) is 2.66. The number of rotatable bonds is 6. The van der Waals surface area contributed by atoms with E-state index in [4.69, 9.17) is 4.74 Å². The Morgan fingerprint density at radius 2 is 1.64 bits per heavy atom. The molecule has 0 bridgehead atoms. The number of benzene rings is 3. The molecule has 0 aliphatic heterocycles. The summed E-state index contributed by atoms with van der Waals surface area (Å²) in [5.41, 5.74) is 1.21. The number of hydrogen-bond donors (Lipinski definition) is 1. The van der Waals surface area contributed by atoms with E-state index in [2.05, 4.69) is 5.32 Å². The lowest BCUT2D eigenvalue weighted by Crippen LogP contribution is -2.21. The molecule has 1 amide bonds. The van der Waals surface area contributed by atoms with Gasteiger partial charge in [0.25, 0.3) is 5.91 Å². The van der Waals surface area contributed by atoms with Crippen LogP contribution >= 0.6 is 0 Å². The first-order valence-electron chi connectivity index (χ1n) is 8.52. The number of carbonyl (C=O) groups excluding carboxylic acids is 2. The molecular formula is C22H17F2NO3. The van der Waals surface area contributed by atoms with Crippen LogP contribution in [-0.2, 0) is 4.79 Å². The number of halogens is 2. The number of Topliss-reactive ketones (excluding diaryl/α,β-unsaturated/α-hetero) is 1. The Morgan fingerprint density at radius 1 is 0.964 bits per heavy atom. The lowest BCUT2D eigenvalue weighted by atomic mass is 10.0. The van der Waals surface area contributed by atoms with Crippen LogP contribution in [0, 0.1) is 11.6 Å². The molecule has 1 N–H and O–H groups in total. The Kier molecular flexibility index (Phi) is 5.79. The van der Waals surface area contributed by atoms with Gasteiger partial charge in [0.2, 0.25) is 0 Å². The van der Waals surface area contributed by atoms with Crippen LogP contribution in [0.15, 0.2) is 66.7 Å². The molecule has 3 aromatic carbocycles. The van der Waals surface area contributed by atoms with Crippen molar-refractivity contribution in [3.05, 3.63) is 83.9 Å². The normalized spacial score (nSPS) is 10.4. The maximum absolute atomic E-state index is 14.3. The number of carbonyl (C=O) groups is 2. The van der Waals surface area contributed by atoms with Crippen molar-refractivity contribution in [1.82, 2.24) is 0 Å². The van der Waals surface area contributed by atoms with E-state index in [0.717, 1.165) is 6.07 Å². The predicted molar refractivity (Wildman–Crippen MR) is 102 cm³/mol. The third-order valence-electron chi connectivity index (χ3n) is 4.03. The zero-order valence-corrected chi connectivity index (χ0v) is 15.0. The molecule has 6 heteroatoms. The highest BCUT2D eigenvalue weighted by atomic mass is 19.1. The van der Waals surface area contributed by atoms with Crippen LogP contribution in [0.25, 0.3) is 11.1 Å². The summed E-state index contributed by atoms with van der Waals surface area (Å²) in [6, 6.07) is 16.8. The monoisotopic (exact) mass is 381 g/mol. The standard InChI is InChI=1S/C22H17F2NO3/c1-14(26)15-7-9-18(10-8-15)28-13-21(27)25-22-19(11-17(23)12-20(22)24)16-5-3-2-4-6-16/h2-12H,13H2,1H3,(H,25,27). The minimum Gasteiger partial charge on any atom is -0.484 e. The van der Waals surface area contributed by atoms with Crippen molar-refractivity contribution in [2.24, 2.45) is 0 Å². The fraction of sp³-hybridized carbons (Fsp3) is 0.0909. The summed E-state index contributed by atoms with van der Waals surface area (Å²) in [6.07, 6.45) is 0. The van der Waals surface area contributed by atoms with E-state index in [1.54, 1.807) is 54.6 Å². The Labute approximate surface area is 160 Å². The van der Waals surface area contributed by atoms with E-state index in [0.29, 0.717) is 22.9 Å². The molecule has 0 unspecified atom stereocenters. The highest BCUT2D eigenvalue weighted by Crippen LogP contribution is 2.31. The minimum absolute atomic E-state index is 0.0791. The van der Waals surface area contributed by atoms with Crippen LogP contribution < -0.4 is 10.1 Å². The van der Waals surface area contributed by atoms with Crippen molar-refractivity contribution in [2.75, 3.05) is 11.9 Å².